The molecule has 3 amide bonds. The second-order valence-corrected chi connectivity index (χ2v) is 5.95. The molecule has 0 fully saturated rings. The predicted octanol–water partition coefficient (Wildman–Crippen LogP) is 1.31. The van der Waals surface area contributed by atoms with Crippen LogP contribution in [0.5, 0.6) is 11.5 Å². The van der Waals surface area contributed by atoms with Crippen LogP contribution in [0.4, 0.5) is 5.69 Å². The fourth-order valence-electron chi connectivity index (χ4n) is 2.48. The van der Waals surface area contributed by atoms with Gasteiger partial charge in [-0.3, -0.25) is 25.2 Å². The number of amides is 3. The Bertz CT molecular complexity index is 868. The van der Waals surface area contributed by atoms with E-state index in [2.05, 4.69) is 16.2 Å². The SMILES string of the molecule is Cc1ccccc1OCC(=O)NNC(=O)C[C@@H]1Oc2ccccc2NC1=O. The van der Waals surface area contributed by atoms with Gasteiger partial charge in [0.05, 0.1) is 12.1 Å². The van der Waals surface area contributed by atoms with Gasteiger partial charge in [0.1, 0.15) is 11.5 Å². The lowest BCUT2D eigenvalue weighted by Gasteiger charge is -2.25. The number of para-hydroxylation sites is 3. The molecule has 8 heteroatoms. The van der Waals surface area contributed by atoms with Gasteiger partial charge in [0, 0.05) is 0 Å². The fraction of sp³-hybridized carbons (Fsp3) is 0.211. The van der Waals surface area contributed by atoms with Crippen molar-refractivity contribution in [3.63, 3.8) is 0 Å². The number of hydrogen-bond acceptors (Lipinski definition) is 5. The summed E-state index contributed by atoms with van der Waals surface area (Å²) < 4.78 is 10.9. The minimum Gasteiger partial charge on any atom is -0.483 e. The first-order valence-electron chi connectivity index (χ1n) is 8.35. The summed E-state index contributed by atoms with van der Waals surface area (Å²) in [5, 5.41) is 2.67. The molecule has 0 bridgehead atoms. The Labute approximate surface area is 155 Å². The van der Waals surface area contributed by atoms with Gasteiger partial charge in [0.15, 0.2) is 12.7 Å². The topological polar surface area (TPSA) is 106 Å². The third-order valence-electron chi connectivity index (χ3n) is 3.87. The van der Waals surface area contributed by atoms with Gasteiger partial charge in [-0.1, -0.05) is 30.3 Å². The number of benzene rings is 2. The zero-order valence-corrected chi connectivity index (χ0v) is 14.7. The molecule has 3 N–H and O–H groups in total. The fourth-order valence-corrected chi connectivity index (χ4v) is 2.48. The smallest absolute Gasteiger partial charge is 0.276 e. The van der Waals surface area contributed by atoms with Crippen molar-refractivity contribution in [3.8, 4) is 11.5 Å². The number of carbonyl (C=O) groups excluding carboxylic acids is 3. The van der Waals surface area contributed by atoms with Crippen molar-refractivity contribution in [1.29, 1.82) is 0 Å². The molecule has 2 aromatic rings. The lowest BCUT2D eigenvalue weighted by Crippen LogP contribution is -2.47. The van der Waals surface area contributed by atoms with Crippen LogP contribution in [0.15, 0.2) is 48.5 Å². The van der Waals surface area contributed by atoms with Crippen LogP contribution in [0, 0.1) is 6.92 Å². The average molecular weight is 369 g/mol. The van der Waals surface area contributed by atoms with Gasteiger partial charge in [-0.25, -0.2) is 0 Å². The molecule has 1 atom stereocenters. The second kappa shape index (κ2) is 8.22. The van der Waals surface area contributed by atoms with Crippen LogP contribution in [0.3, 0.4) is 0 Å². The van der Waals surface area contributed by atoms with E-state index in [9.17, 15) is 14.4 Å². The van der Waals surface area contributed by atoms with E-state index in [0.717, 1.165) is 5.56 Å². The molecule has 1 heterocycles. The number of ether oxygens (including phenoxy) is 2. The molecule has 27 heavy (non-hydrogen) atoms. The molecule has 140 valence electrons. The summed E-state index contributed by atoms with van der Waals surface area (Å²) in [7, 11) is 0. The minimum absolute atomic E-state index is 0.237. The van der Waals surface area contributed by atoms with E-state index >= 15 is 0 Å². The van der Waals surface area contributed by atoms with Gasteiger partial charge >= 0.3 is 0 Å². The van der Waals surface area contributed by atoms with Gasteiger partial charge in [0.25, 0.3) is 11.8 Å². The van der Waals surface area contributed by atoms with E-state index in [1.807, 2.05) is 19.1 Å². The molecule has 1 aliphatic heterocycles. The van der Waals surface area contributed by atoms with Crippen molar-refractivity contribution in [1.82, 2.24) is 10.9 Å². The van der Waals surface area contributed by atoms with E-state index in [1.165, 1.54) is 0 Å². The van der Waals surface area contributed by atoms with Crippen molar-refractivity contribution in [2.75, 3.05) is 11.9 Å². The lowest BCUT2D eigenvalue weighted by atomic mass is 10.1. The van der Waals surface area contributed by atoms with Crippen LogP contribution >= 0.6 is 0 Å². The Morgan fingerprint density at radius 1 is 1.07 bits per heavy atom. The number of anilines is 1. The van der Waals surface area contributed by atoms with Crippen molar-refractivity contribution >= 4 is 23.4 Å². The average Bonchev–Trinajstić information content (AvgIpc) is 2.66. The maximum absolute atomic E-state index is 12.0. The van der Waals surface area contributed by atoms with Gasteiger partial charge < -0.3 is 14.8 Å². The molecule has 0 aliphatic carbocycles. The molecule has 2 aromatic carbocycles. The summed E-state index contributed by atoms with van der Waals surface area (Å²) in [5.74, 6) is -0.418. The Hall–Kier alpha value is -3.55. The first-order valence-corrected chi connectivity index (χ1v) is 8.35. The van der Waals surface area contributed by atoms with E-state index in [4.69, 9.17) is 9.47 Å². The second-order valence-electron chi connectivity index (χ2n) is 5.95. The van der Waals surface area contributed by atoms with Crippen LogP contribution in [0.1, 0.15) is 12.0 Å². The maximum Gasteiger partial charge on any atom is 0.276 e. The standard InChI is InChI=1S/C19H19N3O5/c1-12-6-2-4-8-14(12)26-11-18(24)22-21-17(23)10-16-19(25)20-13-7-3-5-9-15(13)27-16/h2-9,16H,10-11H2,1H3,(H,20,25)(H,21,23)(H,22,24)/t16-/m0/s1. The Kier molecular flexibility index (Phi) is 5.55. The molecule has 3 rings (SSSR count). The van der Waals surface area contributed by atoms with E-state index < -0.39 is 23.8 Å². The van der Waals surface area contributed by atoms with Gasteiger partial charge in [-0.2, -0.15) is 0 Å². The summed E-state index contributed by atoms with van der Waals surface area (Å²) in [6, 6.07) is 14.2. The maximum atomic E-state index is 12.0. The summed E-state index contributed by atoms with van der Waals surface area (Å²) in [6.45, 7) is 1.61. The number of rotatable bonds is 5. The molecule has 1 aliphatic rings. The molecule has 0 aromatic heterocycles. The molecule has 0 saturated carbocycles. The van der Waals surface area contributed by atoms with Crippen molar-refractivity contribution in [2.45, 2.75) is 19.4 Å². The monoisotopic (exact) mass is 369 g/mol. The highest BCUT2D eigenvalue weighted by atomic mass is 16.5. The van der Waals surface area contributed by atoms with Crippen molar-refractivity contribution < 1.29 is 23.9 Å². The quantitative estimate of drug-likeness (QED) is 0.689. The first-order chi connectivity index (χ1) is 13.0. The predicted molar refractivity (Wildman–Crippen MR) is 97.1 cm³/mol. The lowest BCUT2D eigenvalue weighted by molar-refractivity contribution is -0.133. The van der Waals surface area contributed by atoms with Crippen molar-refractivity contribution in [3.05, 3.63) is 54.1 Å². The summed E-state index contributed by atoms with van der Waals surface area (Å²) in [6.07, 6.45) is -1.21. The number of carbonyl (C=O) groups is 3. The molecule has 0 spiro atoms. The Morgan fingerprint density at radius 3 is 2.59 bits per heavy atom. The minimum atomic E-state index is -0.972. The van der Waals surface area contributed by atoms with Gasteiger partial charge in [-0.15, -0.1) is 0 Å². The van der Waals surface area contributed by atoms with Crippen LogP contribution in [0.2, 0.25) is 0 Å². The summed E-state index contributed by atoms with van der Waals surface area (Å²) in [4.78, 5) is 35.8. The molecule has 0 unspecified atom stereocenters. The zero-order valence-electron chi connectivity index (χ0n) is 14.7. The third-order valence-corrected chi connectivity index (χ3v) is 3.87. The Morgan fingerprint density at radius 2 is 1.78 bits per heavy atom. The van der Waals surface area contributed by atoms with E-state index in [0.29, 0.717) is 17.2 Å². The van der Waals surface area contributed by atoms with E-state index in [-0.39, 0.29) is 13.0 Å². The summed E-state index contributed by atoms with van der Waals surface area (Å²) in [5.41, 5.74) is 5.95. The zero-order chi connectivity index (χ0) is 19.2. The third kappa shape index (κ3) is 4.75. The van der Waals surface area contributed by atoms with Gasteiger partial charge in [-0.05, 0) is 30.7 Å². The van der Waals surface area contributed by atoms with Gasteiger partial charge in [0.2, 0.25) is 5.91 Å². The highest BCUT2D eigenvalue weighted by molar-refractivity contribution is 6.00. The number of hydrogen-bond donors (Lipinski definition) is 3. The molecule has 8 nitrogen and oxygen atoms in total. The Balaban J connectivity index is 1.44. The number of hydrazine groups is 1. The molecule has 0 saturated heterocycles. The van der Waals surface area contributed by atoms with Crippen LogP contribution < -0.4 is 25.6 Å². The van der Waals surface area contributed by atoms with E-state index in [1.54, 1.807) is 36.4 Å². The van der Waals surface area contributed by atoms with Crippen LogP contribution in [-0.4, -0.2) is 30.4 Å². The van der Waals surface area contributed by atoms with Crippen LogP contribution in [0.25, 0.3) is 0 Å². The number of fused-ring (bicyclic) bond motifs is 1. The highest BCUT2D eigenvalue weighted by Gasteiger charge is 2.29. The van der Waals surface area contributed by atoms with Crippen molar-refractivity contribution in [2.24, 2.45) is 0 Å². The molecular weight excluding hydrogens is 350 g/mol. The number of nitrogens with one attached hydrogen (secondary N) is 3. The molecular formula is C19H19N3O5. The molecule has 0 radical (unpaired) electrons. The van der Waals surface area contributed by atoms with Crippen LogP contribution in [-0.2, 0) is 14.4 Å². The highest BCUT2D eigenvalue weighted by Crippen LogP contribution is 2.29. The normalized spacial score (nSPS) is 15.0. The summed E-state index contributed by atoms with van der Waals surface area (Å²) >= 11 is 0. The number of aryl methyl sites for hydroxylation is 1. The largest absolute Gasteiger partial charge is 0.483 e. The first kappa shape index (κ1) is 18.2.